The minimum atomic E-state index is -3.61. The van der Waals surface area contributed by atoms with E-state index < -0.39 is 10.0 Å². The molecule has 0 bridgehead atoms. The summed E-state index contributed by atoms with van der Waals surface area (Å²) < 4.78 is 27.4. The molecule has 2 aromatic rings. The average Bonchev–Trinajstić information content (AvgIpc) is 2.45. The number of nitrogens with zero attached hydrogens (tertiary/aromatic N) is 1. The highest BCUT2D eigenvalue weighted by atomic mass is 32.2. The number of hydrogen-bond donors (Lipinski definition) is 1. The molecule has 0 radical (unpaired) electrons. The average molecular weight is 318 g/mol. The van der Waals surface area contributed by atoms with E-state index in [0.717, 1.165) is 23.2 Å². The predicted molar refractivity (Wildman–Crippen MR) is 89.7 cm³/mol. The van der Waals surface area contributed by atoms with Crippen LogP contribution in [0.25, 0.3) is 0 Å². The summed E-state index contributed by atoms with van der Waals surface area (Å²) in [6.07, 6.45) is 1.02. The van der Waals surface area contributed by atoms with E-state index in [4.69, 9.17) is 0 Å². The zero-order valence-electron chi connectivity index (χ0n) is 13.4. The van der Waals surface area contributed by atoms with Crippen LogP contribution in [0.1, 0.15) is 43.0 Å². The van der Waals surface area contributed by atoms with Gasteiger partial charge in [0.05, 0.1) is 4.90 Å². The van der Waals surface area contributed by atoms with Crippen molar-refractivity contribution in [2.45, 2.75) is 44.9 Å². The minimum Gasteiger partial charge on any atom is -0.263 e. The van der Waals surface area contributed by atoms with E-state index in [1.807, 2.05) is 32.0 Å². The van der Waals surface area contributed by atoms with Gasteiger partial charge in [0.1, 0.15) is 5.82 Å². The molecule has 2 rings (SSSR count). The van der Waals surface area contributed by atoms with Crippen molar-refractivity contribution in [2.75, 3.05) is 4.72 Å². The van der Waals surface area contributed by atoms with E-state index >= 15 is 0 Å². The Kier molecular flexibility index (Phi) is 4.86. The van der Waals surface area contributed by atoms with Crippen LogP contribution in [0, 0.1) is 13.8 Å². The van der Waals surface area contributed by atoms with Crippen molar-refractivity contribution in [1.82, 2.24) is 4.98 Å². The first-order chi connectivity index (χ1) is 10.3. The van der Waals surface area contributed by atoms with E-state index in [1.54, 1.807) is 18.2 Å². The number of rotatable bonds is 5. The lowest BCUT2D eigenvalue weighted by Crippen LogP contribution is -2.14. The van der Waals surface area contributed by atoms with Crippen LogP contribution in [0.15, 0.2) is 41.3 Å². The lowest BCUT2D eigenvalue weighted by molar-refractivity contribution is 0.601. The van der Waals surface area contributed by atoms with Crippen LogP contribution in [-0.2, 0) is 10.0 Å². The maximum absolute atomic E-state index is 12.4. The summed E-state index contributed by atoms with van der Waals surface area (Å²) in [5.74, 6) is 0.773. The molecule has 0 amide bonds. The van der Waals surface area contributed by atoms with Gasteiger partial charge in [-0.05, 0) is 61.6 Å². The lowest BCUT2D eigenvalue weighted by Gasteiger charge is -2.11. The van der Waals surface area contributed by atoms with Crippen molar-refractivity contribution in [3.05, 3.63) is 53.2 Å². The number of benzene rings is 1. The van der Waals surface area contributed by atoms with E-state index in [1.165, 1.54) is 0 Å². The molecule has 0 spiro atoms. The molecule has 4 nitrogen and oxygen atoms in total. The fourth-order valence-electron chi connectivity index (χ4n) is 2.30. The van der Waals surface area contributed by atoms with Crippen LogP contribution in [-0.4, -0.2) is 13.4 Å². The van der Waals surface area contributed by atoms with E-state index in [-0.39, 0.29) is 4.90 Å². The highest BCUT2D eigenvalue weighted by Crippen LogP contribution is 2.22. The number of anilines is 1. The molecular formula is C17H22N2O2S. The fourth-order valence-corrected chi connectivity index (χ4v) is 3.29. The van der Waals surface area contributed by atoms with Gasteiger partial charge in [-0.1, -0.05) is 26.0 Å². The topological polar surface area (TPSA) is 59.1 Å². The van der Waals surface area contributed by atoms with Gasteiger partial charge in [-0.3, -0.25) is 4.72 Å². The second-order valence-corrected chi connectivity index (χ2v) is 7.34. The molecule has 118 valence electrons. The molecule has 0 saturated carbocycles. The number of aryl methyl sites for hydroxylation is 2. The van der Waals surface area contributed by atoms with Crippen LogP contribution in [0.3, 0.4) is 0 Å². The summed E-state index contributed by atoms with van der Waals surface area (Å²) in [6, 6.07) is 10.7. The molecule has 0 fully saturated rings. The molecular weight excluding hydrogens is 296 g/mol. The molecule has 0 saturated heterocycles. The Labute approximate surface area is 132 Å². The second-order valence-electron chi connectivity index (χ2n) is 5.65. The summed E-state index contributed by atoms with van der Waals surface area (Å²) in [5.41, 5.74) is 2.90. The molecule has 1 N–H and O–H groups in total. The fraction of sp³-hybridized carbons (Fsp3) is 0.353. The molecule has 0 aliphatic carbocycles. The van der Waals surface area contributed by atoms with Crippen LogP contribution >= 0.6 is 0 Å². The lowest BCUT2D eigenvalue weighted by atomic mass is 9.99. The van der Waals surface area contributed by atoms with Gasteiger partial charge in [0, 0.05) is 5.69 Å². The third-order valence-electron chi connectivity index (χ3n) is 3.71. The van der Waals surface area contributed by atoms with Gasteiger partial charge in [-0.15, -0.1) is 0 Å². The van der Waals surface area contributed by atoms with Crippen molar-refractivity contribution >= 4 is 15.8 Å². The van der Waals surface area contributed by atoms with Gasteiger partial charge in [0.15, 0.2) is 0 Å². The zero-order valence-corrected chi connectivity index (χ0v) is 14.2. The van der Waals surface area contributed by atoms with Gasteiger partial charge in [-0.25, -0.2) is 13.4 Å². The number of nitrogens with one attached hydrogen (secondary N) is 1. The molecule has 0 unspecified atom stereocenters. The Bertz CT molecular complexity index is 732. The number of sulfonamides is 1. The number of aromatic nitrogens is 1. The van der Waals surface area contributed by atoms with Gasteiger partial charge >= 0.3 is 0 Å². The third kappa shape index (κ3) is 3.85. The van der Waals surface area contributed by atoms with Crippen molar-refractivity contribution in [2.24, 2.45) is 0 Å². The summed E-state index contributed by atoms with van der Waals surface area (Å²) >= 11 is 0. The zero-order chi connectivity index (χ0) is 16.3. The third-order valence-corrected chi connectivity index (χ3v) is 5.08. The summed E-state index contributed by atoms with van der Waals surface area (Å²) in [4.78, 5) is 4.46. The molecule has 5 heteroatoms. The van der Waals surface area contributed by atoms with Gasteiger partial charge in [0.2, 0.25) is 0 Å². The smallest absolute Gasteiger partial charge is 0.263 e. The molecule has 1 aromatic heterocycles. The van der Waals surface area contributed by atoms with Crippen LogP contribution in [0.2, 0.25) is 0 Å². The summed E-state index contributed by atoms with van der Waals surface area (Å²) in [6.45, 7) is 7.99. The highest BCUT2D eigenvalue weighted by Gasteiger charge is 2.15. The van der Waals surface area contributed by atoms with E-state index in [9.17, 15) is 8.42 Å². The van der Waals surface area contributed by atoms with Crippen molar-refractivity contribution in [1.29, 1.82) is 0 Å². The first kappa shape index (κ1) is 16.5. The normalized spacial score (nSPS) is 12.9. The van der Waals surface area contributed by atoms with Gasteiger partial charge in [0.25, 0.3) is 10.0 Å². The quantitative estimate of drug-likeness (QED) is 0.906. The Morgan fingerprint density at radius 3 is 2.32 bits per heavy atom. The predicted octanol–water partition coefficient (Wildman–Crippen LogP) is 4.01. The Hall–Kier alpha value is -1.88. The van der Waals surface area contributed by atoms with Crippen LogP contribution in [0.5, 0.6) is 0 Å². The summed E-state index contributed by atoms with van der Waals surface area (Å²) in [5, 5.41) is 0. The van der Waals surface area contributed by atoms with Gasteiger partial charge in [-0.2, -0.15) is 0 Å². The monoisotopic (exact) mass is 318 g/mol. The Morgan fingerprint density at radius 2 is 1.77 bits per heavy atom. The maximum atomic E-state index is 12.4. The molecule has 1 atom stereocenters. The first-order valence-electron chi connectivity index (χ1n) is 7.40. The van der Waals surface area contributed by atoms with Crippen molar-refractivity contribution in [3.8, 4) is 0 Å². The molecule has 22 heavy (non-hydrogen) atoms. The van der Waals surface area contributed by atoms with Crippen molar-refractivity contribution < 1.29 is 8.42 Å². The highest BCUT2D eigenvalue weighted by molar-refractivity contribution is 7.92. The number of hydrogen-bond acceptors (Lipinski definition) is 3. The molecule has 0 aliphatic rings. The van der Waals surface area contributed by atoms with Gasteiger partial charge < -0.3 is 0 Å². The van der Waals surface area contributed by atoms with E-state index in [2.05, 4.69) is 23.6 Å². The molecule has 0 aliphatic heterocycles. The summed E-state index contributed by atoms with van der Waals surface area (Å²) in [7, 11) is -3.61. The van der Waals surface area contributed by atoms with Crippen LogP contribution < -0.4 is 4.72 Å². The molecule has 1 aromatic carbocycles. The maximum Gasteiger partial charge on any atom is 0.263 e. The second kappa shape index (κ2) is 6.48. The van der Waals surface area contributed by atoms with E-state index in [0.29, 0.717) is 11.7 Å². The Balaban J connectivity index is 2.26. The number of pyridine rings is 1. The molecule has 1 heterocycles. The SMILES string of the molecule is CC[C@H](C)c1ccc(S(=O)(=O)Nc2cc(C)cc(C)n2)cc1. The largest absolute Gasteiger partial charge is 0.263 e. The first-order valence-corrected chi connectivity index (χ1v) is 8.88. The standard InChI is InChI=1S/C17H22N2O2S/c1-5-13(3)15-6-8-16(9-7-15)22(20,21)19-17-11-12(2)10-14(4)18-17/h6-11,13H,5H2,1-4H3,(H,18,19)/t13-/m0/s1. The van der Waals surface area contributed by atoms with Crippen molar-refractivity contribution in [3.63, 3.8) is 0 Å². The minimum absolute atomic E-state index is 0.250. The Morgan fingerprint density at radius 1 is 1.14 bits per heavy atom. The van der Waals surface area contributed by atoms with Crippen LogP contribution in [0.4, 0.5) is 5.82 Å².